The summed E-state index contributed by atoms with van der Waals surface area (Å²) in [5.41, 5.74) is 1.36. The smallest absolute Gasteiger partial charge is 0.409 e. The van der Waals surface area contributed by atoms with Crippen molar-refractivity contribution in [3.05, 3.63) is 66.2 Å². The number of anilines is 1. The van der Waals surface area contributed by atoms with Gasteiger partial charge in [0.15, 0.2) is 0 Å². The van der Waals surface area contributed by atoms with Crippen molar-refractivity contribution in [2.45, 2.75) is 26.0 Å². The molecule has 7 nitrogen and oxygen atoms in total. The third-order valence-electron chi connectivity index (χ3n) is 4.23. The van der Waals surface area contributed by atoms with E-state index in [1.807, 2.05) is 30.3 Å². The van der Waals surface area contributed by atoms with E-state index in [0.29, 0.717) is 5.69 Å². The number of ether oxygens (including phenoxy) is 1. The number of amides is 2. The molecule has 0 radical (unpaired) electrons. The molecule has 28 heavy (non-hydrogen) atoms. The predicted octanol–water partition coefficient (Wildman–Crippen LogP) is 3.15. The Morgan fingerprint density at radius 3 is 2.14 bits per heavy atom. The minimum absolute atomic E-state index is 0.0244. The Hall–Kier alpha value is -3.35. The molecule has 0 aliphatic rings. The van der Waals surface area contributed by atoms with Crippen molar-refractivity contribution in [2.75, 3.05) is 18.5 Å². The van der Waals surface area contributed by atoms with Gasteiger partial charge in [0.2, 0.25) is 5.91 Å². The normalized spacial score (nSPS) is 11.4. The molecule has 1 atom stereocenters. The summed E-state index contributed by atoms with van der Waals surface area (Å²) in [7, 11) is 1.54. The van der Waals surface area contributed by atoms with Gasteiger partial charge in [0.1, 0.15) is 12.6 Å². The minimum Gasteiger partial charge on any atom is -0.480 e. The van der Waals surface area contributed by atoms with E-state index in [4.69, 9.17) is 4.74 Å². The van der Waals surface area contributed by atoms with Gasteiger partial charge in [-0.15, -0.1) is 0 Å². The molecule has 0 aliphatic carbocycles. The molecule has 1 N–H and O–H groups in total. The molecule has 7 heteroatoms. The first-order valence-corrected chi connectivity index (χ1v) is 8.92. The predicted molar refractivity (Wildman–Crippen MR) is 105 cm³/mol. The minimum atomic E-state index is -1.10. The highest BCUT2D eigenvalue weighted by atomic mass is 16.6. The number of benzene rings is 2. The molecule has 0 unspecified atom stereocenters. The van der Waals surface area contributed by atoms with Crippen LogP contribution in [0.4, 0.5) is 10.5 Å². The number of hydrogen-bond donors (Lipinski definition) is 1. The Balaban J connectivity index is 1.93. The molecule has 2 aromatic rings. The summed E-state index contributed by atoms with van der Waals surface area (Å²) in [5.74, 6) is -1.49. The van der Waals surface area contributed by atoms with Crippen LogP contribution in [0.2, 0.25) is 0 Å². The molecule has 0 heterocycles. The average molecular weight is 384 g/mol. The van der Waals surface area contributed by atoms with Gasteiger partial charge in [0, 0.05) is 25.7 Å². The quantitative estimate of drug-likeness (QED) is 0.755. The van der Waals surface area contributed by atoms with Crippen LogP contribution in [-0.4, -0.2) is 47.6 Å². The van der Waals surface area contributed by atoms with Crippen LogP contribution in [-0.2, 0) is 20.9 Å². The summed E-state index contributed by atoms with van der Waals surface area (Å²) >= 11 is 0. The lowest BCUT2D eigenvalue weighted by atomic mass is 10.2. The number of carboxylic acids is 1. The third kappa shape index (κ3) is 5.84. The summed E-state index contributed by atoms with van der Waals surface area (Å²) in [6, 6.07) is 16.9. The SMILES string of the molecule is C[C@@H](C(=O)O)N(C(=O)CCN(C)C(=O)OCc1ccccc1)c1ccccc1. The average Bonchev–Trinajstić information content (AvgIpc) is 2.71. The lowest BCUT2D eigenvalue weighted by Crippen LogP contribution is -2.44. The molecule has 0 aliphatic heterocycles. The zero-order valence-electron chi connectivity index (χ0n) is 15.9. The van der Waals surface area contributed by atoms with E-state index in [9.17, 15) is 19.5 Å². The fraction of sp³-hybridized carbons (Fsp3) is 0.286. The van der Waals surface area contributed by atoms with E-state index < -0.39 is 18.1 Å². The van der Waals surface area contributed by atoms with Gasteiger partial charge in [-0.2, -0.15) is 0 Å². The molecule has 2 aromatic carbocycles. The van der Waals surface area contributed by atoms with Crippen molar-refractivity contribution < 1.29 is 24.2 Å². The highest BCUT2D eigenvalue weighted by molar-refractivity contribution is 5.99. The van der Waals surface area contributed by atoms with E-state index >= 15 is 0 Å². The standard InChI is InChI=1S/C21H24N2O5/c1-16(20(25)26)23(18-11-7-4-8-12-18)19(24)13-14-22(2)21(27)28-15-17-9-5-3-6-10-17/h3-12,16H,13-15H2,1-2H3,(H,25,26)/t16-/m0/s1. The highest BCUT2D eigenvalue weighted by Gasteiger charge is 2.27. The Morgan fingerprint density at radius 2 is 1.57 bits per heavy atom. The number of carbonyl (C=O) groups is 3. The largest absolute Gasteiger partial charge is 0.480 e. The maximum Gasteiger partial charge on any atom is 0.409 e. The molecular weight excluding hydrogens is 360 g/mol. The molecule has 2 amide bonds. The van der Waals surface area contributed by atoms with Crippen molar-refractivity contribution in [3.8, 4) is 0 Å². The molecule has 0 aromatic heterocycles. The van der Waals surface area contributed by atoms with Gasteiger partial charge in [0.25, 0.3) is 0 Å². The van der Waals surface area contributed by atoms with Crippen LogP contribution in [0.15, 0.2) is 60.7 Å². The number of hydrogen-bond acceptors (Lipinski definition) is 4. The van der Waals surface area contributed by atoms with Gasteiger partial charge in [-0.25, -0.2) is 9.59 Å². The topological polar surface area (TPSA) is 87.2 Å². The Bertz CT molecular complexity index is 795. The zero-order valence-corrected chi connectivity index (χ0v) is 15.9. The number of aliphatic carboxylic acids is 1. The van der Waals surface area contributed by atoms with Gasteiger partial charge in [-0.1, -0.05) is 48.5 Å². The molecule has 0 saturated heterocycles. The van der Waals surface area contributed by atoms with Gasteiger partial charge >= 0.3 is 12.1 Å². The maximum absolute atomic E-state index is 12.7. The van der Waals surface area contributed by atoms with Crippen molar-refractivity contribution in [2.24, 2.45) is 0 Å². The van der Waals surface area contributed by atoms with E-state index in [1.165, 1.54) is 23.8 Å². The van der Waals surface area contributed by atoms with Crippen LogP contribution in [0, 0.1) is 0 Å². The first kappa shape index (κ1) is 21.0. The first-order valence-electron chi connectivity index (χ1n) is 8.92. The van der Waals surface area contributed by atoms with Gasteiger partial charge in [-0.3, -0.25) is 9.69 Å². The van der Waals surface area contributed by atoms with E-state index in [1.54, 1.807) is 30.3 Å². The highest BCUT2D eigenvalue weighted by Crippen LogP contribution is 2.18. The Labute approximate surface area is 164 Å². The first-order chi connectivity index (χ1) is 13.4. The van der Waals surface area contributed by atoms with Crippen LogP contribution in [0.25, 0.3) is 0 Å². The van der Waals surface area contributed by atoms with E-state index in [2.05, 4.69) is 0 Å². The monoisotopic (exact) mass is 384 g/mol. The molecule has 148 valence electrons. The van der Waals surface area contributed by atoms with Crippen LogP contribution >= 0.6 is 0 Å². The summed E-state index contributed by atoms with van der Waals surface area (Å²) in [5, 5.41) is 9.33. The number of nitrogens with zero attached hydrogens (tertiary/aromatic N) is 2. The second kappa shape index (κ2) is 10.1. The summed E-state index contributed by atoms with van der Waals surface area (Å²) in [4.78, 5) is 38.7. The van der Waals surface area contributed by atoms with Gasteiger partial charge < -0.3 is 14.7 Å². The molecule has 0 fully saturated rings. The molecule has 0 spiro atoms. The van der Waals surface area contributed by atoms with Gasteiger partial charge in [0.05, 0.1) is 0 Å². The Kier molecular flexibility index (Phi) is 7.56. The number of carboxylic acid groups (broad SMARTS) is 1. The summed E-state index contributed by atoms with van der Waals surface area (Å²) in [6.07, 6.45) is -0.571. The van der Waals surface area contributed by atoms with Crippen molar-refractivity contribution in [3.63, 3.8) is 0 Å². The number of para-hydroxylation sites is 1. The second-order valence-electron chi connectivity index (χ2n) is 6.33. The Morgan fingerprint density at radius 1 is 1.00 bits per heavy atom. The van der Waals surface area contributed by atoms with Crippen LogP contribution in [0.1, 0.15) is 18.9 Å². The molecule has 0 saturated carbocycles. The van der Waals surface area contributed by atoms with E-state index in [-0.39, 0.29) is 25.5 Å². The number of rotatable bonds is 8. The lowest BCUT2D eigenvalue weighted by Gasteiger charge is -2.27. The molecular formula is C21H24N2O5. The summed E-state index contributed by atoms with van der Waals surface area (Å²) in [6.45, 7) is 1.71. The second-order valence-corrected chi connectivity index (χ2v) is 6.33. The fourth-order valence-corrected chi connectivity index (χ4v) is 2.59. The van der Waals surface area contributed by atoms with Crippen molar-refractivity contribution in [1.29, 1.82) is 0 Å². The zero-order chi connectivity index (χ0) is 20.5. The van der Waals surface area contributed by atoms with Crippen LogP contribution in [0.5, 0.6) is 0 Å². The third-order valence-corrected chi connectivity index (χ3v) is 4.23. The fourth-order valence-electron chi connectivity index (χ4n) is 2.59. The van der Waals surface area contributed by atoms with E-state index in [0.717, 1.165) is 5.56 Å². The van der Waals surface area contributed by atoms with Crippen molar-refractivity contribution >= 4 is 23.7 Å². The molecule has 0 bridgehead atoms. The van der Waals surface area contributed by atoms with Crippen molar-refractivity contribution in [1.82, 2.24) is 4.90 Å². The lowest BCUT2D eigenvalue weighted by molar-refractivity contribution is -0.139. The number of carbonyl (C=O) groups excluding carboxylic acids is 2. The van der Waals surface area contributed by atoms with Crippen LogP contribution < -0.4 is 4.90 Å². The molecule has 2 rings (SSSR count). The summed E-state index contributed by atoms with van der Waals surface area (Å²) < 4.78 is 5.22. The van der Waals surface area contributed by atoms with Crippen LogP contribution in [0.3, 0.4) is 0 Å². The van der Waals surface area contributed by atoms with Gasteiger partial charge in [-0.05, 0) is 24.6 Å². The maximum atomic E-state index is 12.7.